The largest absolute Gasteiger partial charge is 0.494 e. The maximum absolute atomic E-state index is 13.4. The number of anilines is 1. The monoisotopic (exact) mass is 457 g/mol. The Kier molecular flexibility index (Phi) is 5.89. The number of ketones is 1. The van der Waals surface area contributed by atoms with Crippen molar-refractivity contribution < 1.29 is 14.3 Å². The van der Waals surface area contributed by atoms with Crippen LogP contribution < -0.4 is 9.64 Å². The lowest BCUT2D eigenvalue weighted by Gasteiger charge is -2.43. The first-order chi connectivity index (χ1) is 14.7. The Labute approximate surface area is 192 Å². The fourth-order valence-electron chi connectivity index (χ4n) is 4.63. The molecule has 4 nitrogen and oxygen atoms in total. The van der Waals surface area contributed by atoms with Gasteiger partial charge in [0.15, 0.2) is 5.78 Å². The fourth-order valence-corrected chi connectivity index (χ4v) is 5.07. The Morgan fingerprint density at radius 1 is 1.06 bits per heavy atom. The lowest BCUT2D eigenvalue weighted by atomic mass is 9.69. The number of nitrogens with zero attached hydrogens (tertiary/aromatic N) is 1. The molecule has 31 heavy (non-hydrogen) atoms. The zero-order chi connectivity index (χ0) is 22.3. The van der Waals surface area contributed by atoms with E-state index in [-0.39, 0.29) is 23.5 Å². The second-order valence-electron chi connectivity index (χ2n) is 8.86. The van der Waals surface area contributed by atoms with Crippen molar-refractivity contribution in [3.63, 3.8) is 0 Å². The minimum atomic E-state index is -0.392. The minimum Gasteiger partial charge on any atom is -0.494 e. The van der Waals surface area contributed by atoms with Crippen LogP contribution in [0.4, 0.5) is 5.69 Å². The summed E-state index contributed by atoms with van der Waals surface area (Å²) in [4.78, 5) is 28.5. The third kappa shape index (κ3) is 4.11. The molecule has 0 aromatic heterocycles. The summed E-state index contributed by atoms with van der Waals surface area (Å²) in [5.74, 6) is 0.356. The predicted molar refractivity (Wildman–Crippen MR) is 124 cm³/mol. The van der Waals surface area contributed by atoms with Crippen molar-refractivity contribution in [1.82, 2.24) is 0 Å². The highest BCUT2D eigenvalue weighted by Crippen LogP contribution is 2.49. The van der Waals surface area contributed by atoms with Crippen LogP contribution in [0, 0.1) is 5.41 Å². The number of hydrogen-bond donors (Lipinski definition) is 0. The number of amides is 1. The topological polar surface area (TPSA) is 46.6 Å². The summed E-state index contributed by atoms with van der Waals surface area (Å²) in [5, 5.41) is 0.826. The third-order valence-corrected chi connectivity index (χ3v) is 6.74. The lowest BCUT2D eigenvalue weighted by molar-refractivity contribution is -0.121. The molecule has 1 heterocycles. The van der Waals surface area contributed by atoms with Gasteiger partial charge in [-0.1, -0.05) is 49.2 Å². The number of carbonyl (C=O) groups excluding carboxylic acids is 2. The van der Waals surface area contributed by atoms with E-state index in [9.17, 15) is 9.59 Å². The van der Waals surface area contributed by atoms with Gasteiger partial charge in [0, 0.05) is 35.7 Å². The Balaban J connectivity index is 1.86. The Hall–Kier alpha value is -2.30. The van der Waals surface area contributed by atoms with E-state index in [1.54, 1.807) is 11.0 Å². The van der Waals surface area contributed by atoms with E-state index in [4.69, 9.17) is 27.9 Å². The van der Waals surface area contributed by atoms with Gasteiger partial charge in [-0.25, -0.2) is 0 Å². The number of benzene rings is 2. The molecule has 4 rings (SSSR count). The van der Waals surface area contributed by atoms with Crippen molar-refractivity contribution in [3.8, 4) is 5.75 Å². The van der Waals surface area contributed by atoms with Gasteiger partial charge >= 0.3 is 0 Å². The molecule has 2 aliphatic rings. The molecule has 1 aliphatic heterocycles. The van der Waals surface area contributed by atoms with E-state index in [1.807, 2.05) is 43.3 Å². The van der Waals surface area contributed by atoms with Gasteiger partial charge in [0.2, 0.25) is 5.91 Å². The molecular formula is C25H25Cl2NO3. The van der Waals surface area contributed by atoms with E-state index < -0.39 is 5.92 Å². The van der Waals surface area contributed by atoms with E-state index >= 15 is 0 Å². The van der Waals surface area contributed by atoms with Gasteiger partial charge in [0.25, 0.3) is 0 Å². The first kappa shape index (κ1) is 21.9. The molecule has 0 spiro atoms. The molecule has 0 radical (unpaired) electrons. The van der Waals surface area contributed by atoms with Crippen LogP contribution in [0.3, 0.4) is 0 Å². The highest BCUT2D eigenvalue weighted by atomic mass is 35.5. The molecule has 0 saturated carbocycles. The number of hydrogen-bond acceptors (Lipinski definition) is 3. The zero-order valence-electron chi connectivity index (χ0n) is 17.9. The minimum absolute atomic E-state index is 0.0607. The number of ether oxygens (including phenoxy) is 1. The summed E-state index contributed by atoms with van der Waals surface area (Å²) >= 11 is 12.8. The Morgan fingerprint density at radius 3 is 2.45 bits per heavy atom. The molecule has 0 bridgehead atoms. The van der Waals surface area contributed by atoms with Crippen molar-refractivity contribution in [2.75, 3.05) is 11.5 Å². The molecule has 162 valence electrons. The smallest absolute Gasteiger partial charge is 0.232 e. The van der Waals surface area contributed by atoms with Crippen LogP contribution in [-0.4, -0.2) is 18.3 Å². The molecule has 0 fully saturated rings. The van der Waals surface area contributed by atoms with Crippen molar-refractivity contribution in [3.05, 3.63) is 69.3 Å². The van der Waals surface area contributed by atoms with Crippen molar-refractivity contribution in [2.24, 2.45) is 5.41 Å². The molecule has 0 N–H and O–H groups in total. The predicted octanol–water partition coefficient (Wildman–Crippen LogP) is 6.56. The number of rotatable bonds is 4. The molecule has 1 aliphatic carbocycles. The Morgan fingerprint density at radius 2 is 1.77 bits per heavy atom. The zero-order valence-corrected chi connectivity index (χ0v) is 19.4. The highest BCUT2D eigenvalue weighted by molar-refractivity contribution is 6.42. The summed E-state index contributed by atoms with van der Waals surface area (Å²) in [6.45, 7) is 6.62. The SMILES string of the molecule is CCOc1ccc(N2C(=O)CC(c3cccc(Cl)c3Cl)C3=C2CC(C)(C)CC3=O)cc1. The maximum atomic E-state index is 13.4. The van der Waals surface area contributed by atoms with Gasteiger partial charge in [0.1, 0.15) is 5.75 Å². The molecule has 1 amide bonds. The summed E-state index contributed by atoms with van der Waals surface area (Å²) in [5.41, 5.74) is 2.68. The molecule has 0 saturated heterocycles. The number of allylic oxidation sites excluding steroid dienone is 2. The first-order valence-electron chi connectivity index (χ1n) is 10.5. The van der Waals surface area contributed by atoms with Gasteiger partial charge in [-0.2, -0.15) is 0 Å². The number of halogens is 2. The van der Waals surface area contributed by atoms with Crippen molar-refractivity contribution in [1.29, 1.82) is 0 Å². The van der Waals surface area contributed by atoms with Crippen LogP contribution in [-0.2, 0) is 9.59 Å². The van der Waals surface area contributed by atoms with Crippen molar-refractivity contribution >= 4 is 40.6 Å². The normalized spacial score (nSPS) is 20.7. The second kappa shape index (κ2) is 8.33. The quantitative estimate of drug-likeness (QED) is 0.522. The van der Waals surface area contributed by atoms with Crippen LogP contribution in [0.15, 0.2) is 53.7 Å². The average Bonchev–Trinajstić information content (AvgIpc) is 2.69. The van der Waals surface area contributed by atoms with Crippen LogP contribution in [0.1, 0.15) is 51.5 Å². The van der Waals surface area contributed by atoms with E-state index in [0.29, 0.717) is 35.1 Å². The number of carbonyl (C=O) groups is 2. The van der Waals surface area contributed by atoms with Gasteiger partial charge in [0.05, 0.1) is 16.7 Å². The van der Waals surface area contributed by atoms with Gasteiger partial charge in [-0.3, -0.25) is 14.5 Å². The molecule has 1 atom stereocenters. The fraction of sp³-hybridized carbons (Fsp3) is 0.360. The van der Waals surface area contributed by atoms with E-state index in [2.05, 4.69) is 13.8 Å². The van der Waals surface area contributed by atoms with Crippen molar-refractivity contribution in [2.45, 2.75) is 46.0 Å². The standard InChI is InChI=1S/C25H25Cl2NO3/c1-4-31-16-10-8-15(9-11-16)28-20-13-25(2,3)14-21(29)23(20)18(12-22(28)30)17-6-5-7-19(26)24(17)27/h5-11,18H,4,12-14H2,1-3H3. The van der Waals surface area contributed by atoms with Gasteiger partial charge in [-0.15, -0.1) is 0 Å². The van der Waals surface area contributed by atoms with Crippen LogP contribution in [0.2, 0.25) is 10.0 Å². The van der Waals surface area contributed by atoms with E-state index in [0.717, 1.165) is 22.7 Å². The third-order valence-electron chi connectivity index (χ3n) is 5.91. The first-order valence-corrected chi connectivity index (χ1v) is 11.2. The molecule has 1 unspecified atom stereocenters. The van der Waals surface area contributed by atoms with Crippen LogP contribution >= 0.6 is 23.2 Å². The molecular weight excluding hydrogens is 433 g/mol. The summed E-state index contributed by atoms with van der Waals surface area (Å²) in [6, 6.07) is 12.8. The second-order valence-corrected chi connectivity index (χ2v) is 9.64. The van der Waals surface area contributed by atoms with Gasteiger partial charge in [-0.05, 0) is 54.7 Å². The maximum Gasteiger partial charge on any atom is 0.232 e. The average molecular weight is 458 g/mol. The van der Waals surface area contributed by atoms with E-state index in [1.165, 1.54) is 0 Å². The van der Waals surface area contributed by atoms with Gasteiger partial charge < -0.3 is 4.74 Å². The molecule has 2 aromatic rings. The summed E-state index contributed by atoms with van der Waals surface area (Å²) in [6.07, 6.45) is 1.23. The summed E-state index contributed by atoms with van der Waals surface area (Å²) < 4.78 is 5.53. The molecule has 6 heteroatoms. The number of Topliss-reactive ketones (excluding diaryl/α,β-unsaturated/α-hetero) is 1. The van der Waals surface area contributed by atoms with Crippen LogP contribution in [0.25, 0.3) is 0 Å². The highest BCUT2D eigenvalue weighted by Gasteiger charge is 2.44. The van der Waals surface area contributed by atoms with Crippen LogP contribution in [0.5, 0.6) is 5.75 Å². The summed E-state index contributed by atoms with van der Waals surface area (Å²) in [7, 11) is 0. The molecule has 2 aromatic carbocycles. The lowest BCUT2D eigenvalue weighted by Crippen LogP contribution is -2.43. The Bertz CT molecular complexity index is 1070.